The minimum atomic E-state index is -0.755. The first kappa shape index (κ1) is 35.7. The lowest BCUT2D eigenvalue weighted by atomic mass is 9.87. The maximum Gasteiger partial charge on any atom is 0.306 e. The quantitative estimate of drug-likeness (QED) is 0.208. The lowest BCUT2D eigenvalue weighted by molar-refractivity contribution is -0.144. The Kier molecular flexibility index (Phi) is 11.6. The molecule has 3 heterocycles. The molecule has 2 N–H and O–H groups in total. The van der Waals surface area contributed by atoms with Crippen LogP contribution in [0.25, 0.3) is 10.1 Å². The molecular formula is C37H45ClFN3O6S. The van der Waals surface area contributed by atoms with Gasteiger partial charge < -0.3 is 24.8 Å². The predicted molar refractivity (Wildman–Crippen MR) is 189 cm³/mol. The monoisotopic (exact) mass is 713 g/mol. The number of anilines is 1. The van der Waals surface area contributed by atoms with Gasteiger partial charge in [-0.3, -0.25) is 19.3 Å². The Morgan fingerprint density at radius 2 is 1.80 bits per heavy atom. The van der Waals surface area contributed by atoms with Crippen molar-refractivity contribution >= 4 is 56.5 Å². The second-order valence-corrected chi connectivity index (χ2v) is 14.9. The van der Waals surface area contributed by atoms with Crippen LogP contribution >= 0.6 is 22.9 Å². The number of methoxy groups -OCH3 is 1. The number of hydrogen-bond donors (Lipinski definition) is 2. The summed E-state index contributed by atoms with van der Waals surface area (Å²) in [5, 5.41) is 14.9. The Bertz CT molecular complexity index is 1660. The van der Waals surface area contributed by atoms with Crippen LogP contribution in [-0.4, -0.2) is 89.8 Å². The predicted octanol–water partition coefficient (Wildman–Crippen LogP) is 7.01. The van der Waals surface area contributed by atoms with E-state index in [4.69, 9.17) is 21.1 Å². The van der Waals surface area contributed by atoms with Crippen LogP contribution in [0.3, 0.4) is 0 Å². The lowest BCUT2D eigenvalue weighted by Gasteiger charge is -2.35. The summed E-state index contributed by atoms with van der Waals surface area (Å²) in [4.78, 5) is 42.9. The van der Waals surface area contributed by atoms with E-state index >= 15 is 4.39 Å². The zero-order valence-electron chi connectivity index (χ0n) is 28.0. The largest absolute Gasteiger partial charge is 0.481 e. The number of nitrogens with zero attached hydrogens (tertiary/aromatic N) is 2. The zero-order chi connectivity index (χ0) is 34.7. The average Bonchev–Trinajstić information content (AvgIpc) is 3.83. The summed E-state index contributed by atoms with van der Waals surface area (Å²) in [5.41, 5.74) is 0.790. The van der Waals surface area contributed by atoms with Crippen LogP contribution < -0.4 is 5.32 Å². The molecule has 1 saturated carbocycles. The van der Waals surface area contributed by atoms with Gasteiger partial charge in [-0.25, -0.2) is 4.39 Å². The number of amides is 2. The van der Waals surface area contributed by atoms with Gasteiger partial charge in [0.05, 0.1) is 54.0 Å². The third kappa shape index (κ3) is 7.96. The summed E-state index contributed by atoms with van der Waals surface area (Å²) in [5.74, 6) is -2.30. The van der Waals surface area contributed by atoms with Crippen LogP contribution in [0, 0.1) is 11.7 Å². The smallest absolute Gasteiger partial charge is 0.306 e. The van der Waals surface area contributed by atoms with Crippen molar-refractivity contribution in [3.63, 3.8) is 0 Å². The molecule has 0 bridgehead atoms. The van der Waals surface area contributed by atoms with Gasteiger partial charge in [-0.1, -0.05) is 36.7 Å². The van der Waals surface area contributed by atoms with Crippen LogP contribution in [0.2, 0.25) is 5.02 Å². The van der Waals surface area contributed by atoms with Gasteiger partial charge in [0, 0.05) is 47.2 Å². The number of aliphatic carboxylic acids is 1. The van der Waals surface area contributed by atoms with E-state index in [1.165, 1.54) is 23.5 Å². The van der Waals surface area contributed by atoms with Gasteiger partial charge in [0.15, 0.2) is 0 Å². The Morgan fingerprint density at radius 3 is 2.53 bits per heavy atom. The highest BCUT2D eigenvalue weighted by molar-refractivity contribution is 7.17. The Morgan fingerprint density at radius 1 is 1.04 bits per heavy atom. The summed E-state index contributed by atoms with van der Waals surface area (Å²) in [7, 11) is 1.72. The molecule has 0 spiro atoms. The molecule has 6 rings (SSSR count). The summed E-state index contributed by atoms with van der Waals surface area (Å²) < 4.78 is 28.5. The van der Waals surface area contributed by atoms with E-state index in [-0.39, 0.29) is 64.7 Å². The molecule has 2 amide bonds. The number of hydrogen-bond acceptors (Lipinski definition) is 7. The molecule has 4 atom stereocenters. The number of ether oxygens (including phenoxy) is 2. The molecule has 1 aromatic heterocycles. The fourth-order valence-corrected chi connectivity index (χ4v) is 9.25. The minimum Gasteiger partial charge on any atom is -0.481 e. The second kappa shape index (κ2) is 15.9. The fourth-order valence-electron chi connectivity index (χ4n) is 8.08. The number of halogens is 2. The van der Waals surface area contributed by atoms with Crippen LogP contribution in [0.15, 0.2) is 41.8 Å². The molecule has 3 aromatic rings. The van der Waals surface area contributed by atoms with Crippen molar-refractivity contribution in [2.24, 2.45) is 5.92 Å². The van der Waals surface area contributed by atoms with Crippen molar-refractivity contribution in [2.75, 3.05) is 32.2 Å². The third-order valence-corrected chi connectivity index (χ3v) is 11.9. The normalized spacial score (nSPS) is 26.0. The van der Waals surface area contributed by atoms with Gasteiger partial charge in [0.25, 0.3) is 5.91 Å². The number of thiophene rings is 1. The van der Waals surface area contributed by atoms with Crippen molar-refractivity contribution in [3.05, 3.63) is 63.7 Å². The van der Waals surface area contributed by atoms with Crippen LogP contribution in [0.4, 0.5) is 10.1 Å². The highest BCUT2D eigenvalue weighted by Gasteiger charge is 2.44. The number of fused-ring (bicyclic) bond motifs is 1. The summed E-state index contributed by atoms with van der Waals surface area (Å²) in [6, 6.07) is 10.8. The summed E-state index contributed by atoms with van der Waals surface area (Å²) in [6.07, 6.45) is 6.16. The first-order valence-corrected chi connectivity index (χ1v) is 18.6. The van der Waals surface area contributed by atoms with Gasteiger partial charge >= 0.3 is 5.97 Å². The number of benzene rings is 2. The summed E-state index contributed by atoms with van der Waals surface area (Å²) in [6.45, 7) is 3.67. The molecule has 9 nitrogen and oxygen atoms in total. The maximum absolute atomic E-state index is 15.6. The Labute approximate surface area is 295 Å². The SMILES string of the molecule is CCC1CC[C@H](COC)N1[C@H]1C[C@@H](CO[C@H]2CC[C@H](C(=O)O)CC2)N(C(=O)Cc2cc(Cl)c(NC(=O)c3csc4ccccc34)cc2F)C1. The molecule has 49 heavy (non-hydrogen) atoms. The first-order valence-electron chi connectivity index (χ1n) is 17.3. The van der Waals surface area contributed by atoms with Crippen molar-refractivity contribution in [2.45, 2.75) is 95.0 Å². The topological polar surface area (TPSA) is 108 Å². The molecule has 264 valence electrons. The fraction of sp³-hybridized carbons (Fsp3) is 0.541. The van der Waals surface area contributed by atoms with Crippen molar-refractivity contribution < 1.29 is 33.4 Å². The van der Waals surface area contributed by atoms with Crippen LogP contribution in [0.1, 0.15) is 74.2 Å². The molecule has 0 radical (unpaired) electrons. The van der Waals surface area contributed by atoms with E-state index in [1.807, 2.05) is 29.2 Å². The van der Waals surface area contributed by atoms with Gasteiger partial charge in [-0.15, -0.1) is 11.3 Å². The van der Waals surface area contributed by atoms with E-state index in [0.717, 1.165) is 35.8 Å². The number of likely N-dealkylation sites (tertiary alicyclic amines) is 2. The number of carboxylic acid groups (broad SMARTS) is 1. The van der Waals surface area contributed by atoms with Crippen LogP contribution in [0.5, 0.6) is 0 Å². The number of carboxylic acids is 1. The van der Waals surface area contributed by atoms with Crippen LogP contribution in [-0.2, 0) is 25.5 Å². The second-order valence-electron chi connectivity index (χ2n) is 13.6. The standard InChI is InChI=1S/C37H45ClFN3O6S/c1-3-24-10-11-25(19-47-2)42(24)26-16-27(20-48-28-12-8-22(9-13-28)37(45)46)41(18-26)35(43)15-23-14-31(38)33(17-32(23)39)40-36(44)30-21-49-34-7-5-4-6-29(30)34/h4-7,14,17,21-22,24-28H,3,8-13,15-16,18-20H2,1-2H3,(H,40,44)(H,45,46)/t22-,24?,25-,26+,27+,28-/m1/s1. The maximum atomic E-state index is 15.6. The number of nitrogens with one attached hydrogen (secondary N) is 1. The van der Waals surface area contributed by atoms with Crippen molar-refractivity contribution in [1.29, 1.82) is 0 Å². The number of carbonyl (C=O) groups excluding carboxylic acids is 2. The van der Waals surface area contributed by atoms with E-state index in [9.17, 15) is 19.5 Å². The van der Waals surface area contributed by atoms with Gasteiger partial charge in [-0.05, 0) is 75.1 Å². The molecule has 3 aliphatic rings. The Hall–Kier alpha value is -3.09. The third-order valence-electron chi connectivity index (χ3n) is 10.6. The zero-order valence-corrected chi connectivity index (χ0v) is 29.6. The molecule has 2 saturated heterocycles. The molecule has 1 aliphatic carbocycles. The van der Waals surface area contributed by atoms with Gasteiger partial charge in [-0.2, -0.15) is 0 Å². The highest BCUT2D eigenvalue weighted by Crippen LogP contribution is 2.36. The molecule has 3 fully saturated rings. The number of rotatable bonds is 12. The minimum absolute atomic E-state index is 0.0471. The molecule has 2 aliphatic heterocycles. The van der Waals surface area contributed by atoms with E-state index in [1.54, 1.807) is 12.5 Å². The van der Waals surface area contributed by atoms with E-state index in [2.05, 4.69) is 17.1 Å². The average molecular weight is 714 g/mol. The Balaban J connectivity index is 1.16. The first-order chi connectivity index (χ1) is 23.7. The molecule has 1 unspecified atom stereocenters. The van der Waals surface area contributed by atoms with Gasteiger partial charge in [0.1, 0.15) is 5.82 Å². The van der Waals surface area contributed by atoms with Gasteiger partial charge in [0.2, 0.25) is 5.91 Å². The lowest BCUT2D eigenvalue weighted by Crippen LogP contribution is -2.47. The van der Waals surface area contributed by atoms with E-state index < -0.39 is 11.8 Å². The van der Waals surface area contributed by atoms with Crippen molar-refractivity contribution in [1.82, 2.24) is 9.80 Å². The molecular weight excluding hydrogens is 669 g/mol. The highest BCUT2D eigenvalue weighted by atomic mass is 35.5. The van der Waals surface area contributed by atoms with Crippen molar-refractivity contribution in [3.8, 4) is 0 Å². The summed E-state index contributed by atoms with van der Waals surface area (Å²) >= 11 is 8.03. The van der Waals surface area contributed by atoms with E-state index in [0.29, 0.717) is 57.0 Å². The number of carbonyl (C=O) groups is 3. The molecule has 2 aromatic carbocycles. The molecule has 12 heteroatoms.